The van der Waals surface area contributed by atoms with Gasteiger partial charge in [0.1, 0.15) is 0 Å². The molecular weight excluding hydrogens is 264 g/mol. The molecule has 0 heterocycles. The minimum absolute atomic E-state index is 0.229. The highest BCUT2D eigenvalue weighted by molar-refractivity contribution is 9.10. The average Bonchev–Trinajstić information content (AvgIpc) is 2.22. The molecule has 0 aromatic heterocycles. The van der Waals surface area contributed by atoms with Gasteiger partial charge in [0, 0.05) is 4.32 Å². The molecule has 0 unspecified atom stereocenters. The summed E-state index contributed by atoms with van der Waals surface area (Å²) in [7, 11) is 0. The molecule has 0 aromatic carbocycles. The molecule has 1 nitrogen and oxygen atoms in total. The Morgan fingerprint density at radius 1 is 0.688 bits per heavy atom. The van der Waals surface area contributed by atoms with Crippen molar-refractivity contribution in [3.63, 3.8) is 0 Å². The van der Waals surface area contributed by atoms with Crippen LogP contribution in [0.2, 0.25) is 0 Å². The molecule has 0 atom stereocenters. The van der Waals surface area contributed by atoms with E-state index in [1.807, 2.05) is 0 Å². The SMILES string of the molecule is OC12CC3C4CC5(Br)CC3C(C1)C(C5)C4C2. The zero-order chi connectivity index (χ0) is 10.7. The second-order valence-corrected chi connectivity index (χ2v) is 9.27. The quantitative estimate of drug-likeness (QED) is 0.678. The molecule has 7 fully saturated rings. The van der Waals surface area contributed by atoms with Crippen LogP contribution in [0.3, 0.4) is 0 Å². The van der Waals surface area contributed by atoms with Crippen LogP contribution in [0, 0.1) is 35.5 Å². The summed E-state index contributed by atoms with van der Waals surface area (Å²) in [6.45, 7) is 0. The van der Waals surface area contributed by atoms with Crippen molar-refractivity contribution in [3.05, 3.63) is 0 Å². The zero-order valence-corrected chi connectivity index (χ0v) is 11.1. The highest BCUT2D eigenvalue weighted by Crippen LogP contribution is 2.74. The Morgan fingerprint density at radius 3 is 1.38 bits per heavy atom. The summed E-state index contributed by atoms with van der Waals surface area (Å²) in [5.74, 6) is 5.58. The second-order valence-electron chi connectivity index (χ2n) is 7.58. The van der Waals surface area contributed by atoms with Crippen molar-refractivity contribution >= 4 is 15.9 Å². The lowest BCUT2D eigenvalue weighted by Gasteiger charge is -2.73. The van der Waals surface area contributed by atoms with Crippen LogP contribution < -0.4 is 0 Å². The maximum Gasteiger partial charge on any atom is 0.0656 e. The van der Waals surface area contributed by atoms with Gasteiger partial charge in [-0.05, 0) is 74.0 Å². The largest absolute Gasteiger partial charge is 0.390 e. The van der Waals surface area contributed by atoms with Gasteiger partial charge in [-0.3, -0.25) is 0 Å². The number of aliphatic hydroxyl groups is 1. The molecule has 0 amide bonds. The number of halogens is 1. The molecule has 8 bridgehead atoms. The lowest BCUT2D eigenvalue weighted by Crippen LogP contribution is -2.69. The fraction of sp³-hybridized carbons (Fsp3) is 1.00. The van der Waals surface area contributed by atoms with Crippen molar-refractivity contribution < 1.29 is 5.11 Å². The van der Waals surface area contributed by atoms with Crippen LogP contribution in [-0.4, -0.2) is 15.0 Å². The molecule has 0 aromatic rings. The Kier molecular flexibility index (Phi) is 1.42. The first-order valence-corrected chi connectivity index (χ1v) is 7.78. The Hall–Kier alpha value is 0.440. The summed E-state index contributed by atoms with van der Waals surface area (Å²) in [6.07, 6.45) is 7.68. The predicted molar refractivity (Wildman–Crippen MR) is 65.2 cm³/mol. The molecule has 0 radical (unpaired) electrons. The van der Waals surface area contributed by atoms with Gasteiger partial charge in [-0.1, -0.05) is 15.9 Å². The van der Waals surface area contributed by atoms with Gasteiger partial charge in [0.2, 0.25) is 0 Å². The van der Waals surface area contributed by atoms with Crippen molar-refractivity contribution in [3.8, 4) is 0 Å². The van der Waals surface area contributed by atoms with E-state index in [0.717, 1.165) is 54.8 Å². The van der Waals surface area contributed by atoms with E-state index in [1.165, 1.54) is 19.3 Å². The molecule has 0 aliphatic heterocycles. The van der Waals surface area contributed by atoms with Crippen molar-refractivity contribution in [1.82, 2.24) is 0 Å². The molecule has 16 heavy (non-hydrogen) atoms. The van der Waals surface area contributed by atoms with Gasteiger partial charge in [0.15, 0.2) is 0 Å². The molecule has 7 aliphatic rings. The highest BCUT2D eigenvalue weighted by Gasteiger charge is 2.69. The van der Waals surface area contributed by atoms with E-state index < -0.39 is 0 Å². The normalized spacial score (nSPS) is 73.9. The number of rotatable bonds is 0. The van der Waals surface area contributed by atoms with Crippen molar-refractivity contribution in [2.45, 2.75) is 48.5 Å². The summed E-state index contributed by atoms with van der Waals surface area (Å²) in [5, 5.41) is 10.6. The summed E-state index contributed by atoms with van der Waals surface area (Å²) < 4.78 is 0.517. The monoisotopic (exact) mass is 282 g/mol. The summed E-state index contributed by atoms with van der Waals surface area (Å²) in [5.41, 5.74) is -0.229. The average molecular weight is 283 g/mol. The lowest BCUT2D eigenvalue weighted by molar-refractivity contribution is -0.248. The molecule has 1 N–H and O–H groups in total. The number of hydrogen-bond acceptors (Lipinski definition) is 1. The third-order valence-corrected chi connectivity index (χ3v) is 7.92. The van der Waals surface area contributed by atoms with E-state index in [4.69, 9.17) is 0 Å². The summed E-state index contributed by atoms with van der Waals surface area (Å²) in [4.78, 5) is 0. The van der Waals surface area contributed by atoms with Crippen molar-refractivity contribution in [2.75, 3.05) is 0 Å². The number of alkyl halides is 1. The number of hydrogen-bond donors (Lipinski definition) is 1. The van der Waals surface area contributed by atoms with Gasteiger partial charge in [0.05, 0.1) is 5.60 Å². The van der Waals surface area contributed by atoms with Crippen molar-refractivity contribution in [1.29, 1.82) is 0 Å². The van der Waals surface area contributed by atoms with E-state index in [9.17, 15) is 5.11 Å². The Bertz CT molecular complexity index is 278. The molecule has 0 spiro atoms. The molecular formula is C14H19BrO. The van der Waals surface area contributed by atoms with E-state index in [1.54, 1.807) is 0 Å². The van der Waals surface area contributed by atoms with Gasteiger partial charge >= 0.3 is 0 Å². The topological polar surface area (TPSA) is 20.2 Å². The molecule has 2 heteroatoms. The third kappa shape index (κ3) is 0.880. The van der Waals surface area contributed by atoms with Gasteiger partial charge in [-0.25, -0.2) is 0 Å². The van der Waals surface area contributed by atoms with Crippen LogP contribution in [0.5, 0.6) is 0 Å². The van der Waals surface area contributed by atoms with E-state index >= 15 is 0 Å². The third-order valence-electron chi connectivity index (χ3n) is 6.95. The smallest absolute Gasteiger partial charge is 0.0656 e. The van der Waals surface area contributed by atoms with Crippen LogP contribution in [0.25, 0.3) is 0 Å². The Labute approximate surface area is 105 Å². The minimum atomic E-state index is -0.229. The van der Waals surface area contributed by atoms with Crippen LogP contribution in [0.1, 0.15) is 38.5 Å². The van der Waals surface area contributed by atoms with E-state index in [2.05, 4.69) is 15.9 Å². The zero-order valence-electron chi connectivity index (χ0n) is 9.53. The maximum atomic E-state index is 10.6. The Balaban J connectivity index is 1.68. The van der Waals surface area contributed by atoms with Gasteiger partial charge < -0.3 is 5.11 Å². The molecule has 88 valence electrons. The predicted octanol–water partition coefficient (Wildman–Crippen LogP) is 2.96. The lowest BCUT2D eigenvalue weighted by atomic mass is 9.35. The fourth-order valence-corrected chi connectivity index (χ4v) is 7.93. The molecule has 7 saturated carbocycles. The van der Waals surface area contributed by atoms with Crippen molar-refractivity contribution in [2.24, 2.45) is 35.5 Å². The second kappa shape index (κ2) is 2.42. The van der Waals surface area contributed by atoms with Crippen LogP contribution >= 0.6 is 15.9 Å². The van der Waals surface area contributed by atoms with Gasteiger partial charge in [0.25, 0.3) is 0 Å². The fourth-order valence-electron chi connectivity index (χ4n) is 6.81. The standard InChI is InChI=1S/C14H19BrO/c15-13-1-7-10-4-14(16)5-11(7)9(3-13)12(6-14)8(10)2-13/h7-12,16H,1-6H2. The van der Waals surface area contributed by atoms with E-state index in [-0.39, 0.29) is 5.60 Å². The first kappa shape index (κ1) is 9.38. The van der Waals surface area contributed by atoms with Gasteiger partial charge in [-0.2, -0.15) is 0 Å². The van der Waals surface area contributed by atoms with E-state index in [0.29, 0.717) is 4.32 Å². The Morgan fingerprint density at radius 2 is 1.00 bits per heavy atom. The van der Waals surface area contributed by atoms with Crippen LogP contribution in [-0.2, 0) is 0 Å². The minimum Gasteiger partial charge on any atom is -0.390 e. The maximum absolute atomic E-state index is 10.6. The van der Waals surface area contributed by atoms with Crippen LogP contribution in [0.4, 0.5) is 0 Å². The summed E-state index contributed by atoms with van der Waals surface area (Å²) >= 11 is 4.06. The highest BCUT2D eigenvalue weighted by atomic mass is 79.9. The molecule has 7 aliphatic carbocycles. The van der Waals surface area contributed by atoms with Gasteiger partial charge in [-0.15, -0.1) is 0 Å². The molecule has 7 rings (SSSR count). The first-order valence-electron chi connectivity index (χ1n) is 6.98. The molecule has 0 saturated heterocycles. The summed E-state index contributed by atoms with van der Waals surface area (Å²) in [6, 6.07) is 0. The first-order chi connectivity index (χ1) is 7.57. The van der Waals surface area contributed by atoms with Crippen LogP contribution in [0.15, 0.2) is 0 Å².